The number of imidazole rings is 1. The number of aromatic amines is 1. The third-order valence-electron chi connectivity index (χ3n) is 2.91. The Hall–Kier alpha value is -2.57. The van der Waals surface area contributed by atoms with E-state index in [2.05, 4.69) is 27.2 Å². The number of carbonyl (C=O) groups is 1. The largest absolute Gasteiger partial charge is 0.492 e. The zero-order valence-corrected chi connectivity index (χ0v) is 11.9. The first-order chi connectivity index (χ1) is 10.2. The first-order valence-electron chi connectivity index (χ1n) is 6.86. The van der Waals surface area contributed by atoms with Crippen molar-refractivity contribution in [2.45, 2.75) is 26.3 Å². The molecule has 0 aromatic carbocycles. The maximum atomic E-state index is 11.2. The fraction of sp³-hybridized carbons (Fsp3) is 0.357. The molecule has 0 spiro atoms. The van der Waals surface area contributed by atoms with E-state index in [0.29, 0.717) is 19.0 Å². The van der Waals surface area contributed by atoms with E-state index in [0.717, 1.165) is 24.3 Å². The summed E-state index contributed by atoms with van der Waals surface area (Å²) in [5.41, 5.74) is 6.25. The Kier molecular flexibility index (Phi) is 5.14. The van der Waals surface area contributed by atoms with Crippen molar-refractivity contribution < 1.29 is 9.53 Å². The molecule has 0 saturated carbocycles. The number of nitrogens with zero attached hydrogens (tertiary/aromatic N) is 2. The molecular weight excluding hydrogens is 270 g/mol. The van der Waals surface area contributed by atoms with Gasteiger partial charge in [0.05, 0.1) is 19.5 Å². The molecule has 112 valence electrons. The number of anilines is 1. The van der Waals surface area contributed by atoms with Crippen LogP contribution in [-0.4, -0.2) is 27.5 Å². The summed E-state index contributed by atoms with van der Waals surface area (Å²) >= 11 is 0. The SMILES string of the molecule is CCCCOc1cccnc1CNc1nc[nH]c1C(N)=O. The number of aromatic nitrogens is 3. The molecule has 0 saturated heterocycles. The van der Waals surface area contributed by atoms with Crippen LogP contribution in [0.5, 0.6) is 5.75 Å². The van der Waals surface area contributed by atoms with Crippen LogP contribution in [-0.2, 0) is 6.54 Å². The number of carbonyl (C=O) groups excluding carboxylic acids is 1. The topological polar surface area (TPSA) is 106 Å². The second kappa shape index (κ2) is 7.28. The van der Waals surface area contributed by atoms with Crippen molar-refractivity contribution in [1.29, 1.82) is 0 Å². The number of hydrogen-bond acceptors (Lipinski definition) is 5. The van der Waals surface area contributed by atoms with E-state index in [9.17, 15) is 4.79 Å². The summed E-state index contributed by atoms with van der Waals surface area (Å²) < 4.78 is 5.70. The molecule has 2 heterocycles. The van der Waals surface area contributed by atoms with Crippen LogP contribution in [0, 0.1) is 0 Å². The Labute approximate surface area is 122 Å². The Morgan fingerprint density at radius 1 is 1.48 bits per heavy atom. The van der Waals surface area contributed by atoms with E-state index in [1.54, 1.807) is 6.20 Å². The van der Waals surface area contributed by atoms with Crippen LogP contribution >= 0.6 is 0 Å². The van der Waals surface area contributed by atoms with Crippen LogP contribution in [0.25, 0.3) is 0 Å². The maximum Gasteiger partial charge on any atom is 0.269 e. The average Bonchev–Trinajstić information content (AvgIpc) is 2.95. The van der Waals surface area contributed by atoms with E-state index >= 15 is 0 Å². The Bertz CT molecular complexity index is 597. The average molecular weight is 289 g/mol. The van der Waals surface area contributed by atoms with Crippen LogP contribution in [0.15, 0.2) is 24.7 Å². The molecule has 0 unspecified atom stereocenters. The maximum absolute atomic E-state index is 11.2. The van der Waals surface area contributed by atoms with Gasteiger partial charge in [-0.15, -0.1) is 0 Å². The fourth-order valence-corrected chi connectivity index (χ4v) is 1.80. The van der Waals surface area contributed by atoms with Crippen molar-refractivity contribution in [2.24, 2.45) is 5.73 Å². The fourth-order valence-electron chi connectivity index (χ4n) is 1.80. The van der Waals surface area contributed by atoms with Gasteiger partial charge in [-0.2, -0.15) is 0 Å². The number of hydrogen-bond donors (Lipinski definition) is 3. The number of unbranched alkanes of at least 4 members (excludes halogenated alkanes) is 1. The summed E-state index contributed by atoms with van der Waals surface area (Å²) in [7, 11) is 0. The van der Waals surface area contributed by atoms with Gasteiger partial charge in [0.2, 0.25) is 0 Å². The summed E-state index contributed by atoms with van der Waals surface area (Å²) in [6.45, 7) is 3.16. The molecule has 0 aliphatic rings. The third kappa shape index (κ3) is 3.95. The smallest absolute Gasteiger partial charge is 0.269 e. The highest BCUT2D eigenvalue weighted by molar-refractivity contribution is 5.95. The lowest BCUT2D eigenvalue weighted by molar-refractivity contribution is 0.0997. The Morgan fingerprint density at radius 3 is 3.10 bits per heavy atom. The predicted octanol–water partition coefficient (Wildman–Crippen LogP) is 1.69. The molecule has 0 bridgehead atoms. The number of ether oxygens (including phenoxy) is 1. The quantitative estimate of drug-likeness (QED) is 0.641. The second-order valence-electron chi connectivity index (χ2n) is 4.49. The van der Waals surface area contributed by atoms with Gasteiger partial charge in [-0.3, -0.25) is 9.78 Å². The van der Waals surface area contributed by atoms with Gasteiger partial charge in [-0.1, -0.05) is 13.3 Å². The molecule has 4 N–H and O–H groups in total. The molecule has 21 heavy (non-hydrogen) atoms. The summed E-state index contributed by atoms with van der Waals surface area (Å²) in [4.78, 5) is 22.2. The van der Waals surface area contributed by atoms with Crippen molar-refractivity contribution in [3.63, 3.8) is 0 Å². The number of nitrogens with two attached hydrogens (primary N) is 1. The monoisotopic (exact) mass is 289 g/mol. The number of rotatable bonds is 8. The molecule has 0 aliphatic carbocycles. The minimum Gasteiger partial charge on any atom is -0.492 e. The van der Waals surface area contributed by atoms with Gasteiger partial charge in [0, 0.05) is 6.20 Å². The first kappa shape index (κ1) is 14.8. The lowest BCUT2D eigenvalue weighted by atomic mass is 10.3. The van der Waals surface area contributed by atoms with Crippen LogP contribution in [0.2, 0.25) is 0 Å². The first-order valence-corrected chi connectivity index (χ1v) is 6.86. The lowest BCUT2D eigenvalue weighted by Gasteiger charge is -2.11. The molecule has 0 radical (unpaired) electrons. The molecule has 0 aliphatic heterocycles. The van der Waals surface area contributed by atoms with Crippen molar-refractivity contribution in [3.05, 3.63) is 36.0 Å². The van der Waals surface area contributed by atoms with Gasteiger partial charge in [0.25, 0.3) is 5.91 Å². The summed E-state index contributed by atoms with van der Waals surface area (Å²) in [5, 5.41) is 3.04. The zero-order chi connectivity index (χ0) is 15.1. The number of amides is 1. The highest BCUT2D eigenvalue weighted by Crippen LogP contribution is 2.18. The van der Waals surface area contributed by atoms with Gasteiger partial charge in [0.15, 0.2) is 5.82 Å². The van der Waals surface area contributed by atoms with Crippen LogP contribution < -0.4 is 15.8 Å². The molecular formula is C14H19N5O2. The minimum atomic E-state index is -0.560. The normalized spacial score (nSPS) is 10.3. The Balaban J connectivity index is 2.02. The second-order valence-corrected chi connectivity index (χ2v) is 4.49. The number of H-pyrrole nitrogens is 1. The number of pyridine rings is 1. The van der Waals surface area contributed by atoms with Crippen molar-refractivity contribution in [3.8, 4) is 5.75 Å². The van der Waals surface area contributed by atoms with E-state index < -0.39 is 5.91 Å². The van der Waals surface area contributed by atoms with Gasteiger partial charge < -0.3 is 20.8 Å². The van der Waals surface area contributed by atoms with Gasteiger partial charge >= 0.3 is 0 Å². The molecule has 7 nitrogen and oxygen atoms in total. The Morgan fingerprint density at radius 2 is 2.33 bits per heavy atom. The van der Waals surface area contributed by atoms with Crippen molar-refractivity contribution >= 4 is 11.7 Å². The molecule has 2 aromatic rings. The van der Waals surface area contributed by atoms with Crippen LogP contribution in [0.4, 0.5) is 5.82 Å². The molecule has 0 atom stereocenters. The highest BCUT2D eigenvalue weighted by atomic mass is 16.5. The van der Waals surface area contributed by atoms with Crippen LogP contribution in [0.3, 0.4) is 0 Å². The molecule has 2 rings (SSSR count). The summed E-state index contributed by atoms with van der Waals surface area (Å²) in [5.74, 6) is 0.581. The van der Waals surface area contributed by atoms with E-state index in [4.69, 9.17) is 10.5 Å². The van der Waals surface area contributed by atoms with Crippen molar-refractivity contribution in [1.82, 2.24) is 15.0 Å². The number of primary amides is 1. The van der Waals surface area contributed by atoms with E-state index in [1.807, 2.05) is 12.1 Å². The van der Waals surface area contributed by atoms with E-state index in [1.165, 1.54) is 6.33 Å². The third-order valence-corrected chi connectivity index (χ3v) is 2.91. The highest BCUT2D eigenvalue weighted by Gasteiger charge is 2.12. The molecule has 0 fully saturated rings. The van der Waals surface area contributed by atoms with Gasteiger partial charge in [-0.25, -0.2) is 4.98 Å². The summed E-state index contributed by atoms with van der Waals surface area (Å²) in [6, 6.07) is 3.70. The zero-order valence-electron chi connectivity index (χ0n) is 11.9. The summed E-state index contributed by atoms with van der Waals surface area (Å²) in [6.07, 6.45) is 5.18. The molecule has 2 aromatic heterocycles. The van der Waals surface area contributed by atoms with Crippen LogP contribution in [0.1, 0.15) is 35.9 Å². The predicted molar refractivity (Wildman–Crippen MR) is 79.1 cm³/mol. The standard InChI is InChI=1S/C14H19N5O2/c1-2-3-7-21-11-5-4-6-16-10(11)8-17-14-12(13(15)20)18-9-19-14/h4-6,9,17H,2-3,7-8H2,1H3,(H2,15,20)(H,18,19). The van der Waals surface area contributed by atoms with E-state index in [-0.39, 0.29) is 5.69 Å². The van der Waals surface area contributed by atoms with Crippen molar-refractivity contribution in [2.75, 3.05) is 11.9 Å². The lowest BCUT2D eigenvalue weighted by Crippen LogP contribution is -2.15. The number of nitrogens with one attached hydrogen (secondary N) is 2. The molecule has 1 amide bonds. The minimum absolute atomic E-state index is 0.249. The van der Waals surface area contributed by atoms with Gasteiger partial charge in [0.1, 0.15) is 17.1 Å². The molecule has 7 heteroatoms. The van der Waals surface area contributed by atoms with Gasteiger partial charge in [-0.05, 0) is 18.6 Å².